The van der Waals surface area contributed by atoms with E-state index in [1.165, 1.54) is 4.90 Å². The molecule has 14 heavy (non-hydrogen) atoms. The van der Waals surface area contributed by atoms with Crippen molar-refractivity contribution in [1.29, 1.82) is 0 Å². The highest BCUT2D eigenvalue weighted by molar-refractivity contribution is 5.89. The van der Waals surface area contributed by atoms with Gasteiger partial charge in [0, 0.05) is 13.1 Å². The number of carbonyl (C=O) groups excluding carboxylic acids is 1. The van der Waals surface area contributed by atoms with E-state index in [0.29, 0.717) is 13.0 Å². The van der Waals surface area contributed by atoms with Crippen LogP contribution in [0.15, 0.2) is 0 Å². The molecule has 1 fully saturated rings. The minimum Gasteiger partial charge on any atom is -0.481 e. The molecule has 0 bridgehead atoms. The number of carboxylic acids is 1. The zero-order valence-corrected chi connectivity index (χ0v) is 8.14. The Bertz CT molecular complexity index is 241. The monoisotopic (exact) mass is 201 g/mol. The first-order chi connectivity index (χ1) is 6.61. The van der Waals surface area contributed by atoms with Crippen molar-refractivity contribution in [3.8, 4) is 0 Å². The molecule has 1 saturated carbocycles. The van der Waals surface area contributed by atoms with Crippen LogP contribution in [0.25, 0.3) is 0 Å². The number of aliphatic hydroxyl groups excluding tert-OH is 1. The summed E-state index contributed by atoms with van der Waals surface area (Å²) in [6.07, 6.45) is 0.441. The lowest BCUT2D eigenvalue weighted by molar-refractivity contribution is -0.142. The molecule has 5 heteroatoms. The lowest BCUT2D eigenvalue weighted by atomic mass is 10.2. The Morgan fingerprint density at radius 2 is 2.07 bits per heavy atom. The van der Waals surface area contributed by atoms with Gasteiger partial charge in [-0.05, 0) is 13.3 Å². The molecule has 0 spiro atoms. The molecule has 80 valence electrons. The zero-order chi connectivity index (χ0) is 10.7. The Hall–Kier alpha value is -1.10. The highest BCUT2D eigenvalue weighted by Gasteiger charge is 2.49. The second kappa shape index (κ2) is 4.41. The smallest absolute Gasteiger partial charge is 0.307 e. The molecule has 0 unspecified atom stereocenters. The summed E-state index contributed by atoms with van der Waals surface area (Å²) in [5.74, 6) is -1.91. The third-order valence-corrected chi connectivity index (χ3v) is 2.49. The molecule has 1 aliphatic rings. The molecule has 0 aliphatic heterocycles. The van der Waals surface area contributed by atoms with Crippen molar-refractivity contribution in [3.05, 3.63) is 0 Å². The van der Waals surface area contributed by atoms with Gasteiger partial charge in [-0.15, -0.1) is 0 Å². The fourth-order valence-electron chi connectivity index (χ4n) is 1.52. The van der Waals surface area contributed by atoms with Crippen LogP contribution in [0.2, 0.25) is 0 Å². The largest absolute Gasteiger partial charge is 0.481 e. The molecule has 0 aromatic heterocycles. The lowest BCUT2D eigenvalue weighted by Gasteiger charge is -2.19. The van der Waals surface area contributed by atoms with E-state index < -0.39 is 11.9 Å². The molecule has 1 aliphatic carbocycles. The molecule has 0 radical (unpaired) electrons. The van der Waals surface area contributed by atoms with Crippen LogP contribution < -0.4 is 0 Å². The summed E-state index contributed by atoms with van der Waals surface area (Å²) < 4.78 is 0. The number of amides is 1. The van der Waals surface area contributed by atoms with E-state index in [1.807, 2.05) is 6.92 Å². The topological polar surface area (TPSA) is 77.8 Å². The van der Waals surface area contributed by atoms with Gasteiger partial charge in [-0.3, -0.25) is 9.59 Å². The molecular formula is C9H15NO4. The standard InChI is InChI=1S/C9H15NO4/c1-2-10(3-4-11)8(12)6-5-7(6)9(13)14/h6-7,11H,2-5H2,1H3,(H,13,14)/t6-,7+/m1/s1. The van der Waals surface area contributed by atoms with Crippen LogP contribution in [0.3, 0.4) is 0 Å². The van der Waals surface area contributed by atoms with Gasteiger partial charge < -0.3 is 15.1 Å². The van der Waals surface area contributed by atoms with Crippen LogP contribution in [0.4, 0.5) is 0 Å². The number of hydrogen-bond donors (Lipinski definition) is 2. The van der Waals surface area contributed by atoms with Crippen molar-refractivity contribution < 1.29 is 19.8 Å². The predicted octanol–water partition coefficient (Wildman–Crippen LogP) is -0.452. The maximum atomic E-state index is 11.6. The van der Waals surface area contributed by atoms with E-state index in [1.54, 1.807) is 0 Å². The average Bonchev–Trinajstić information content (AvgIpc) is 2.92. The zero-order valence-electron chi connectivity index (χ0n) is 8.14. The molecule has 0 saturated heterocycles. The summed E-state index contributed by atoms with van der Waals surface area (Å²) in [4.78, 5) is 23.6. The summed E-state index contributed by atoms with van der Waals surface area (Å²) in [6, 6.07) is 0. The van der Waals surface area contributed by atoms with Gasteiger partial charge in [-0.2, -0.15) is 0 Å². The van der Waals surface area contributed by atoms with Gasteiger partial charge in [-0.1, -0.05) is 0 Å². The van der Waals surface area contributed by atoms with E-state index in [-0.39, 0.29) is 25.0 Å². The number of hydrogen-bond acceptors (Lipinski definition) is 3. The van der Waals surface area contributed by atoms with Crippen LogP contribution in [-0.2, 0) is 9.59 Å². The molecule has 1 rings (SSSR count). The van der Waals surface area contributed by atoms with Gasteiger partial charge in [0.25, 0.3) is 0 Å². The molecule has 0 aromatic rings. The van der Waals surface area contributed by atoms with Gasteiger partial charge in [0.05, 0.1) is 18.4 Å². The average molecular weight is 201 g/mol. The first-order valence-corrected chi connectivity index (χ1v) is 4.74. The van der Waals surface area contributed by atoms with Crippen molar-refractivity contribution in [2.75, 3.05) is 19.7 Å². The number of rotatable bonds is 5. The maximum Gasteiger partial charge on any atom is 0.307 e. The van der Waals surface area contributed by atoms with Crippen molar-refractivity contribution in [2.24, 2.45) is 11.8 Å². The molecule has 2 atom stereocenters. The van der Waals surface area contributed by atoms with Crippen molar-refractivity contribution in [1.82, 2.24) is 4.90 Å². The highest BCUT2D eigenvalue weighted by atomic mass is 16.4. The first-order valence-electron chi connectivity index (χ1n) is 4.74. The molecular weight excluding hydrogens is 186 g/mol. The molecule has 5 nitrogen and oxygen atoms in total. The lowest BCUT2D eigenvalue weighted by Crippen LogP contribution is -2.35. The Morgan fingerprint density at radius 3 is 2.43 bits per heavy atom. The first kappa shape index (κ1) is 11.0. The third kappa shape index (κ3) is 2.23. The van der Waals surface area contributed by atoms with E-state index in [2.05, 4.69) is 0 Å². The van der Waals surface area contributed by atoms with Crippen LogP contribution >= 0.6 is 0 Å². The quantitative estimate of drug-likeness (QED) is 0.631. The number of aliphatic hydroxyl groups is 1. The molecule has 0 heterocycles. The predicted molar refractivity (Wildman–Crippen MR) is 48.6 cm³/mol. The number of carbonyl (C=O) groups is 2. The SMILES string of the molecule is CCN(CCO)C(=O)[C@@H]1C[C@@H]1C(=O)O. The third-order valence-electron chi connectivity index (χ3n) is 2.49. The summed E-state index contributed by atoms with van der Waals surface area (Å²) in [7, 11) is 0. The second-order valence-corrected chi connectivity index (χ2v) is 3.43. The van der Waals surface area contributed by atoms with Gasteiger partial charge in [0.2, 0.25) is 5.91 Å². The van der Waals surface area contributed by atoms with Crippen LogP contribution in [0.1, 0.15) is 13.3 Å². The Kier molecular flexibility index (Phi) is 3.46. The van der Waals surface area contributed by atoms with Crippen LogP contribution in [-0.4, -0.2) is 46.7 Å². The van der Waals surface area contributed by atoms with Gasteiger partial charge >= 0.3 is 5.97 Å². The number of nitrogens with zero attached hydrogens (tertiary/aromatic N) is 1. The molecule has 2 N–H and O–H groups in total. The van der Waals surface area contributed by atoms with Crippen LogP contribution in [0, 0.1) is 11.8 Å². The molecule has 0 aromatic carbocycles. The van der Waals surface area contributed by atoms with Crippen molar-refractivity contribution >= 4 is 11.9 Å². The van der Waals surface area contributed by atoms with Crippen molar-refractivity contribution in [2.45, 2.75) is 13.3 Å². The van der Waals surface area contributed by atoms with E-state index in [0.717, 1.165) is 0 Å². The second-order valence-electron chi connectivity index (χ2n) is 3.43. The fourth-order valence-corrected chi connectivity index (χ4v) is 1.52. The number of likely N-dealkylation sites (N-methyl/N-ethyl adjacent to an activating group) is 1. The van der Waals surface area contributed by atoms with Gasteiger partial charge in [-0.25, -0.2) is 0 Å². The summed E-state index contributed by atoms with van der Waals surface area (Å²) in [6.45, 7) is 2.54. The normalized spacial score (nSPS) is 24.4. The minimum absolute atomic E-state index is 0.0793. The Morgan fingerprint density at radius 1 is 1.43 bits per heavy atom. The van der Waals surface area contributed by atoms with Gasteiger partial charge in [0.15, 0.2) is 0 Å². The van der Waals surface area contributed by atoms with E-state index >= 15 is 0 Å². The van der Waals surface area contributed by atoms with E-state index in [4.69, 9.17) is 10.2 Å². The Labute approximate surface area is 82.3 Å². The number of carboxylic acid groups (broad SMARTS) is 1. The minimum atomic E-state index is -0.900. The molecule has 1 amide bonds. The summed E-state index contributed by atoms with van der Waals surface area (Å²) in [5.41, 5.74) is 0. The number of aliphatic carboxylic acids is 1. The maximum absolute atomic E-state index is 11.6. The Balaban J connectivity index is 2.45. The van der Waals surface area contributed by atoms with Crippen molar-refractivity contribution in [3.63, 3.8) is 0 Å². The van der Waals surface area contributed by atoms with Gasteiger partial charge in [0.1, 0.15) is 0 Å². The fraction of sp³-hybridized carbons (Fsp3) is 0.778. The summed E-state index contributed by atoms with van der Waals surface area (Å²) >= 11 is 0. The van der Waals surface area contributed by atoms with Crippen LogP contribution in [0.5, 0.6) is 0 Å². The van der Waals surface area contributed by atoms with E-state index in [9.17, 15) is 9.59 Å². The summed E-state index contributed by atoms with van der Waals surface area (Å²) in [5, 5.41) is 17.3. The highest BCUT2D eigenvalue weighted by Crippen LogP contribution is 2.39.